The number of nitrogens with zero attached hydrogens (tertiary/aromatic N) is 3. The van der Waals surface area contributed by atoms with Crippen LogP contribution >= 0.6 is 11.3 Å². The third-order valence-electron chi connectivity index (χ3n) is 3.63. The number of anilines is 2. The van der Waals surface area contributed by atoms with E-state index in [-0.39, 0.29) is 0 Å². The molecule has 3 rings (SSSR count). The SMILES string of the molecule is Cc1nc2c(N3CCC(C)CC3)c(N)cnc2s1. The number of piperidine rings is 1. The standard InChI is InChI=1S/C13H18N4S/c1-8-3-5-17(6-4-8)12-10(14)7-15-13-11(12)16-9(2)18-13/h7-8H,3-6,14H2,1-2H3. The van der Waals surface area contributed by atoms with E-state index in [2.05, 4.69) is 21.8 Å². The second kappa shape index (κ2) is 4.39. The molecule has 0 spiro atoms. The van der Waals surface area contributed by atoms with Crippen LogP contribution in [0.3, 0.4) is 0 Å². The third kappa shape index (κ3) is 1.92. The molecule has 0 amide bonds. The Morgan fingerprint density at radius 1 is 1.39 bits per heavy atom. The van der Waals surface area contributed by atoms with Crippen LogP contribution in [0.5, 0.6) is 0 Å². The van der Waals surface area contributed by atoms with Gasteiger partial charge in [0.1, 0.15) is 10.3 Å². The van der Waals surface area contributed by atoms with E-state index < -0.39 is 0 Å². The van der Waals surface area contributed by atoms with Crippen LogP contribution in [0.4, 0.5) is 11.4 Å². The third-order valence-corrected chi connectivity index (χ3v) is 4.51. The maximum absolute atomic E-state index is 6.12. The van der Waals surface area contributed by atoms with Crippen LogP contribution in [0.2, 0.25) is 0 Å². The van der Waals surface area contributed by atoms with Gasteiger partial charge in [-0.3, -0.25) is 0 Å². The molecule has 96 valence electrons. The molecule has 2 aromatic heterocycles. The molecule has 2 N–H and O–H groups in total. The Bertz CT molecular complexity index is 570. The first-order chi connectivity index (χ1) is 8.65. The number of nitrogen functional groups attached to an aromatic ring is 1. The zero-order valence-electron chi connectivity index (χ0n) is 10.8. The van der Waals surface area contributed by atoms with Crippen molar-refractivity contribution in [3.8, 4) is 0 Å². The van der Waals surface area contributed by atoms with Gasteiger partial charge in [-0.25, -0.2) is 9.97 Å². The highest BCUT2D eigenvalue weighted by atomic mass is 32.1. The summed E-state index contributed by atoms with van der Waals surface area (Å²) in [5.74, 6) is 0.817. The topological polar surface area (TPSA) is 55.0 Å². The molecule has 1 aliphatic rings. The van der Waals surface area contributed by atoms with Crippen LogP contribution in [0.25, 0.3) is 10.3 Å². The molecule has 1 aliphatic heterocycles. The quantitative estimate of drug-likeness (QED) is 0.858. The highest BCUT2D eigenvalue weighted by molar-refractivity contribution is 7.18. The molecular weight excluding hydrogens is 244 g/mol. The summed E-state index contributed by atoms with van der Waals surface area (Å²) in [5, 5.41) is 1.05. The van der Waals surface area contributed by atoms with E-state index in [1.165, 1.54) is 12.8 Å². The van der Waals surface area contributed by atoms with Crippen molar-refractivity contribution in [2.45, 2.75) is 26.7 Å². The molecule has 0 aliphatic carbocycles. The van der Waals surface area contributed by atoms with Gasteiger partial charge in [0.15, 0.2) is 0 Å². The van der Waals surface area contributed by atoms with E-state index in [9.17, 15) is 0 Å². The van der Waals surface area contributed by atoms with Gasteiger partial charge in [-0.15, -0.1) is 0 Å². The molecule has 0 bridgehead atoms. The largest absolute Gasteiger partial charge is 0.396 e. The van der Waals surface area contributed by atoms with E-state index in [4.69, 9.17) is 5.73 Å². The van der Waals surface area contributed by atoms with Crippen LogP contribution in [0.15, 0.2) is 6.20 Å². The van der Waals surface area contributed by atoms with Crippen molar-refractivity contribution in [2.24, 2.45) is 5.92 Å². The molecule has 1 fully saturated rings. The Kier molecular flexibility index (Phi) is 2.86. The summed E-state index contributed by atoms with van der Waals surface area (Å²) in [4.78, 5) is 12.3. The average molecular weight is 262 g/mol. The summed E-state index contributed by atoms with van der Waals surface area (Å²) >= 11 is 1.64. The lowest BCUT2D eigenvalue weighted by Gasteiger charge is -2.32. The average Bonchev–Trinajstić information content (AvgIpc) is 2.71. The Labute approximate surface area is 111 Å². The van der Waals surface area contributed by atoms with Crippen LogP contribution in [0.1, 0.15) is 24.8 Å². The van der Waals surface area contributed by atoms with Gasteiger partial charge in [-0.1, -0.05) is 18.3 Å². The summed E-state index contributed by atoms with van der Waals surface area (Å²) in [6.07, 6.45) is 4.23. The number of aryl methyl sites for hydroxylation is 1. The molecule has 5 heteroatoms. The fraction of sp³-hybridized carbons (Fsp3) is 0.538. The summed E-state index contributed by atoms with van der Waals surface area (Å²) in [6, 6.07) is 0. The predicted molar refractivity (Wildman–Crippen MR) is 77.2 cm³/mol. The van der Waals surface area contributed by atoms with Gasteiger partial charge in [0.2, 0.25) is 0 Å². The van der Waals surface area contributed by atoms with Gasteiger partial charge in [-0.05, 0) is 25.7 Å². The zero-order chi connectivity index (χ0) is 12.7. The fourth-order valence-electron chi connectivity index (χ4n) is 2.55. The van der Waals surface area contributed by atoms with E-state index in [1.54, 1.807) is 17.5 Å². The molecule has 18 heavy (non-hydrogen) atoms. The molecule has 2 aromatic rings. The number of pyridine rings is 1. The van der Waals surface area contributed by atoms with Gasteiger partial charge >= 0.3 is 0 Å². The van der Waals surface area contributed by atoms with E-state index in [1.807, 2.05) is 6.92 Å². The highest BCUT2D eigenvalue weighted by Crippen LogP contribution is 2.35. The molecule has 1 saturated heterocycles. The minimum absolute atomic E-state index is 0.752. The monoisotopic (exact) mass is 262 g/mol. The molecule has 0 atom stereocenters. The van der Waals surface area contributed by atoms with E-state index >= 15 is 0 Å². The van der Waals surface area contributed by atoms with Crippen molar-refractivity contribution in [3.63, 3.8) is 0 Å². The molecule has 4 nitrogen and oxygen atoms in total. The Hall–Kier alpha value is -1.36. The van der Waals surface area contributed by atoms with Gasteiger partial charge in [0.25, 0.3) is 0 Å². The molecule has 0 radical (unpaired) electrons. The maximum Gasteiger partial charge on any atom is 0.145 e. The van der Waals surface area contributed by atoms with E-state index in [0.29, 0.717) is 0 Å². The highest BCUT2D eigenvalue weighted by Gasteiger charge is 2.21. The van der Waals surface area contributed by atoms with Gasteiger partial charge < -0.3 is 10.6 Å². The van der Waals surface area contributed by atoms with Crippen molar-refractivity contribution < 1.29 is 0 Å². The minimum Gasteiger partial charge on any atom is -0.396 e. The second-order valence-corrected chi connectivity index (χ2v) is 6.30. The van der Waals surface area contributed by atoms with E-state index in [0.717, 1.165) is 45.7 Å². The van der Waals surface area contributed by atoms with Crippen molar-refractivity contribution in [3.05, 3.63) is 11.2 Å². The summed E-state index contributed by atoms with van der Waals surface area (Å²) in [7, 11) is 0. The lowest BCUT2D eigenvalue weighted by atomic mass is 9.98. The Morgan fingerprint density at radius 2 is 2.11 bits per heavy atom. The maximum atomic E-state index is 6.12. The number of thiazole rings is 1. The van der Waals surface area contributed by atoms with Crippen LogP contribution in [-0.4, -0.2) is 23.1 Å². The van der Waals surface area contributed by atoms with Crippen molar-refractivity contribution >= 4 is 33.1 Å². The minimum atomic E-state index is 0.752. The number of nitrogens with two attached hydrogens (primary N) is 1. The fourth-order valence-corrected chi connectivity index (χ4v) is 3.31. The molecule has 3 heterocycles. The van der Waals surface area contributed by atoms with Crippen molar-refractivity contribution in [2.75, 3.05) is 23.7 Å². The lowest BCUT2D eigenvalue weighted by Crippen LogP contribution is -2.33. The summed E-state index contributed by atoms with van der Waals surface area (Å²) < 4.78 is 0. The van der Waals surface area contributed by atoms with Crippen LogP contribution in [-0.2, 0) is 0 Å². The molecule has 0 saturated carbocycles. The number of aromatic nitrogens is 2. The number of rotatable bonds is 1. The Morgan fingerprint density at radius 3 is 2.83 bits per heavy atom. The number of hydrogen-bond donors (Lipinski definition) is 1. The molecule has 0 aromatic carbocycles. The van der Waals surface area contributed by atoms with Crippen molar-refractivity contribution in [1.29, 1.82) is 0 Å². The first-order valence-electron chi connectivity index (χ1n) is 6.41. The van der Waals surface area contributed by atoms with Gasteiger partial charge in [-0.2, -0.15) is 0 Å². The Balaban J connectivity index is 2.06. The first-order valence-corrected chi connectivity index (χ1v) is 7.23. The van der Waals surface area contributed by atoms with Gasteiger partial charge in [0.05, 0.1) is 22.6 Å². The smallest absolute Gasteiger partial charge is 0.145 e. The first kappa shape index (κ1) is 11.7. The molecular formula is C13H18N4S. The normalized spacial score (nSPS) is 17.6. The van der Waals surface area contributed by atoms with Crippen molar-refractivity contribution in [1.82, 2.24) is 9.97 Å². The molecule has 0 unspecified atom stereocenters. The second-order valence-electron chi connectivity index (χ2n) is 5.12. The zero-order valence-corrected chi connectivity index (χ0v) is 11.6. The lowest BCUT2D eigenvalue weighted by molar-refractivity contribution is 0.439. The van der Waals surface area contributed by atoms with Crippen LogP contribution < -0.4 is 10.6 Å². The predicted octanol–water partition coefficient (Wildman–Crippen LogP) is 2.82. The summed E-state index contributed by atoms with van der Waals surface area (Å²) in [6.45, 7) is 6.47. The van der Waals surface area contributed by atoms with Gasteiger partial charge in [0, 0.05) is 13.1 Å². The number of hydrogen-bond acceptors (Lipinski definition) is 5. The number of fused-ring (bicyclic) bond motifs is 1. The summed E-state index contributed by atoms with van der Waals surface area (Å²) in [5.41, 5.74) is 8.95. The van der Waals surface area contributed by atoms with Crippen LogP contribution in [0, 0.1) is 12.8 Å².